The fraction of sp³-hybridized carbons (Fsp3) is 0.400. The zero-order valence-corrected chi connectivity index (χ0v) is 11.1. The van der Waals surface area contributed by atoms with Gasteiger partial charge in [0.2, 0.25) is 5.89 Å². The number of oxazole rings is 1. The van der Waals surface area contributed by atoms with Crippen molar-refractivity contribution in [2.24, 2.45) is 0 Å². The molecule has 1 aliphatic heterocycles. The number of rotatable bonds is 4. The molecule has 2 heterocycles. The predicted octanol–water partition coefficient (Wildman–Crippen LogP) is 2.70. The third-order valence-corrected chi connectivity index (χ3v) is 3.44. The molecule has 1 aromatic heterocycles. The van der Waals surface area contributed by atoms with Crippen LogP contribution >= 0.6 is 0 Å². The van der Waals surface area contributed by atoms with Crippen molar-refractivity contribution < 1.29 is 9.15 Å². The standard InChI is InChI=1S/C15H18N2O2/c1-18-12-5-2-4-11(8-12)9-13-10-17-15(19-13)14-6-3-7-16-14/h2,4-5,8,10,14,16H,3,6-7,9H2,1H3. The Bertz CT molecular complexity index is 545. The molecule has 0 radical (unpaired) electrons. The summed E-state index contributed by atoms with van der Waals surface area (Å²) >= 11 is 0. The van der Waals surface area contributed by atoms with Gasteiger partial charge in [0.05, 0.1) is 19.3 Å². The van der Waals surface area contributed by atoms with E-state index in [-0.39, 0.29) is 0 Å². The van der Waals surface area contributed by atoms with Gasteiger partial charge in [0.25, 0.3) is 0 Å². The smallest absolute Gasteiger partial charge is 0.211 e. The van der Waals surface area contributed by atoms with E-state index in [9.17, 15) is 0 Å². The van der Waals surface area contributed by atoms with Crippen molar-refractivity contribution in [1.82, 2.24) is 10.3 Å². The molecule has 0 amide bonds. The Kier molecular flexibility index (Phi) is 3.51. The summed E-state index contributed by atoms with van der Waals surface area (Å²) in [6.45, 7) is 1.05. The van der Waals surface area contributed by atoms with E-state index in [4.69, 9.17) is 9.15 Å². The molecule has 1 unspecified atom stereocenters. The van der Waals surface area contributed by atoms with Crippen molar-refractivity contribution in [1.29, 1.82) is 0 Å². The number of hydrogen-bond donors (Lipinski definition) is 1. The van der Waals surface area contributed by atoms with Crippen molar-refractivity contribution in [3.05, 3.63) is 47.7 Å². The van der Waals surface area contributed by atoms with E-state index < -0.39 is 0 Å². The first-order valence-corrected chi connectivity index (χ1v) is 6.66. The maximum Gasteiger partial charge on any atom is 0.211 e. The van der Waals surface area contributed by atoms with Crippen molar-refractivity contribution >= 4 is 0 Å². The molecule has 1 aromatic carbocycles. The Balaban J connectivity index is 1.72. The van der Waals surface area contributed by atoms with Crippen LogP contribution in [0.3, 0.4) is 0 Å². The molecule has 100 valence electrons. The Morgan fingerprint density at radius 1 is 1.47 bits per heavy atom. The highest BCUT2D eigenvalue weighted by Crippen LogP contribution is 2.24. The molecule has 3 rings (SSSR count). The first kappa shape index (κ1) is 12.2. The lowest BCUT2D eigenvalue weighted by Crippen LogP contribution is -2.12. The molecule has 2 aromatic rings. The predicted molar refractivity (Wildman–Crippen MR) is 72.3 cm³/mol. The molecule has 0 spiro atoms. The third kappa shape index (κ3) is 2.79. The number of benzene rings is 1. The van der Waals surface area contributed by atoms with Crippen molar-refractivity contribution in [3.8, 4) is 5.75 Å². The van der Waals surface area contributed by atoms with Crippen LogP contribution in [0.2, 0.25) is 0 Å². The van der Waals surface area contributed by atoms with Gasteiger partial charge in [-0.15, -0.1) is 0 Å². The minimum absolute atomic E-state index is 0.291. The van der Waals surface area contributed by atoms with Gasteiger partial charge in [0, 0.05) is 6.42 Å². The normalized spacial score (nSPS) is 18.7. The molecule has 0 aliphatic carbocycles. The molecule has 4 heteroatoms. The summed E-state index contributed by atoms with van der Waals surface area (Å²) in [6, 6.07) is 8.31. The number of hydrogen-bond acceptors (Lipinski definition) is 4. The molecule has 19 heavy (non-hydrogen) atoms. The highest BCUT2D eigenvalue weighted by molar-refractivity contribution is 5.30. The minimum Gasteiger partial charge on any atom is -0.497 e. The summed E-state index contributed by atoms with van der Waals surface area (Å²) in [5, 5.41) is 3.39. The lowest BCUT2D eigenvalue weighted by molar-refractivity contribution is 0.407. The van der Waals surface area contributed by atoms with E-state index in [2.05, 4.69) is 16.4 Å². The van der Waals surface area contributed by atoms with Gasteiger partial charge in [0.15, 0.2) is 0 Å². The Labute approximate surface area is 112 Å². The summed E-state index contributed by atoms with van der Waals surface area (Å²) in [7, 11) is 1.68. The van der Waals surface area contributed by atoms with Gasteiger partial charge in [0.1, 0.15) is 11.5 Å². The van der Waals surface area contributed by atoms with Gasteiger partial charge in [-0.05, 0) is 37.1 Å². The average molecular weight is 258 g/mol. The van der Waals surface area contributed by atoms with Crippen molar-refractivity contribution in [3.63, 3.8) is 0 Å². The van der Waals surface area contributed by atoms with Gasteiger partial charge >= 0.3 is 0 Å². The molecule has 0 saturated carbocycles. The zero-order chi connectivity index (χ0) is 13.1. The second kappa shape index (κ2) is 5.45. The molecule has 4 nitrogen and oxygen atoms in total. The van der Waals surface area contributed by atoms with E-state index in [0.717, 1.165) is 36.8 Å². The van der Waals surface area contributed by atoms with Gasteiger partial charge in [-0.3, -0.25) is 0 Å². The highest BCUT2D eigenvalue weighted by Gasteiger charge is 2.20. The molecule has 1 saturated heterocycles. The van der Waals surface area contributed by atoms with Crippen LogP contribution in [0.15, 0.2) is 34.9 Å². The van der Waals surface area contributed by atoms with E-state index >= 15 is 0 Å². The molecule has 1 atom stereocenters. The average Bonchev–Trinajstić information content (AvgIpc) is 3.09. The molecule has 1 aliphatic rings. The van der Waals surface area contributed by atoms with Gasteiger partial charge in [-0.1, -0.05) is 12.1 Å². The molecular formula is C15H18N2O2. The Morgan fingerprint density at radius 2 is 2.42 bits per heavy atom. The van der Waals surface area contributed by atoms with Crippen LogP contribution in [-0.2, 0) is 6.42 Å². The number of methoxy groups -OCH3 is 1. The maximum atomic E-state index is 5.83. The quantitative estimate of drug-likeness (QED) is 0.916. The molecule has 1 fully saturated rings. The Hall–Kier alpha value is -1.81. The van der Waals surface area contributed by atoms with Crippen LogP contribution < -0.4 is 10.1 Å². The van der Waals surface area contributed by atoms with Gasteiger partial charge in [-0.25, -0.2) is 4.98 Å². The zero-order valence-electron chi connectivity index (χ0n) is 11.1. The maximum absolute atomic E-state index is 5.83. The second-order valence-electron chi connectivity index (χ2n) is 4.84. The van der Waals surface area contributed by atoms with Crippen LogP contribution in [0, 0.1) is 0 Å². The first-order chi connectivity index (χ1) is 9.35. The van der Waals surface area contributed by atoms with E-state index in [1.807, 2.05) is 24.4 Å². The summed E-state index contributed by atoms with van der Waals surface area (Å²) in [4.78, 5) is 4.38. The van der Waals surface area contributed by atoms with Crippen LogP contribution in [0.25, 0.3) is 0 Å². The van der Waals surface area contributed by atoms with Gasteiger partial charge in [-0.2, -0.15) is 0 Å². The number of ether oxygens (including phenoxy) is 1. The highest BCUT2D eigenvalue weighted by atomic mass is 16.5. The van der Waals surface area contributed by atoms with E-state index in [1.54, 1.807) is 7.11 Å². The molecular weight excluding hydrogens is 240 g/mol. The van der Waals surface area contributed by atoms with Gasteiger partial charge < -0.3 is 14.5 Å². The first-order valence-electron chi connectivity index (χ1n) is 6.66. The second-order valence-corrected chi connectivity index (χ2v) is 4.84. The largest absolute Gasteiger partial charge is 0.497 e. The molecule has 0 bridgehead atoms. The summed E-state index contributed by atoms with van der Waals surface area (Å²) in [5.41, 5.74) is 1.17. The summed E-state index contributed by atoms with van der Waals surface area (Å²) in [6.07, 6.45) is 4.88. The number of nitrogens with zero attached hydrogens (tertiary/aromatic N) is 1. The fourth-order valence-electron chi connectivity index (χ4n) is 2.44. The molecule has 1 N–H and O–H groups in total. The van der Waals surface area contributed by atoms with Crippen LogP contribution in [0.4, 0.5) is 0 Å². The Morgan fingerprint density at radius 3 is 3.21 bits per heavy atom. The van der Waals surface area contributed by atoms with Crippen LogP contribution in [0.5, 0.6) is 5.75 Å². The van der Waals surface area contributed by atoms with E-state index in [0.29, 0.717) is 6.04 Å². The summed E-state index contributed by atoms with van der Waals surface area (Å²) < 4.78 is 11.1. The van der Waals surface area contributed by atoms with Crippen molar-refractivity contribution in [2.45, 2.75) is 25.3 Å². The minimum atomic E-state index is 0.291. The fourth-order valence-corrected chi connectivity index (χ4v) is 2.44. The lowest BCUT2D eigenvalue weighted by atomic mass is 10.1. The van der Waals surface area contributed by atoms with Crippen molar-refractivity contribution in [2.75, 3.05) is 13.7 Å². The monoisotopic (exact) mass is 258 g/mol. The van der Waals surface area contributed by atoms with Crippen LogP contribution in [-0.4, -0.2) is 18.6 Å². The third-order valence-electron chi connectivity index (χ3n) is 3.44. The topological polar surface area (TPSA) is 47.3 Å². The SMILES string of the molecule is COc1cccc(Cc2cnc(C3CCCN3)o2)c1. The number of aromatic nitrogens is 1. The van der Waals surface area contributed by atoms with Crippen LogP contribution in [0.1, 0.15) is 36.1 Å². The van der Waals surface area contributed by atoms with E-state index in [1.165, 1.54) is 12.0 Å². The number of nitrogens with one attached hydrogen (secondary N) is 1. The lowest BCUT2D eigenvalue weighted by Gasteiger charge is -2.04. The summed E-state index contributed by atoms with van der Waals surface area (Å²) in [5.74, 6) is 2.59.